The van der Waals surface area contributed by atoms with Crippen LogP contribution < -0.4 is 4.74 Å². The predicted molar refractivity (Wildman–Crippen MR) is 110 cm³/mol. The molecule has 0 saturated carbocycles. The lowest BCUT2D eigenvalue weighted by Crippen LogP contribution is -2.04. The van der Waals surface area contributed by atoms with E-state index in [4.69, 9.17) is 9.15 Å². The largest absolute Gasteiger partial charge is 0.508 e. The normalized spacial score (nSPS) is 15.3. The molecule has 5 heteroatoms. The van der Waals surface area contributed by atoms with E-state index >= 15 is 0 Å². The molecule has 0 bridgehead atoms. The van der Waals surface area contributed by atoms with Gasteiger partial charge in [0.1, 0.15) is 23.5 Å². The van der Waals surface area contributed by atoms with Crippen molar-refractivity contribution in [2.75, 3.05) is 6.61 Å². The van der Waals surface area contributed by atoms with Gasteiger partial charge in [-0.05, 0) is 66.3 Å². The van der Waals surface area contributed by atoms with Gasteiger partial charge in [0, 0.05) is 24.8 Å². The second-order valence-corrected chi connectivity index (χ2v) is 7.39. The highest BCUT2D eigenvalue weighted by molar-refractivity contribution is 5.55. The van der Waals surface area contributed by atoms with Crippen molar-refractivity contribution >= 4 is 6.29 Å². The fourth-order valence-corrected chi connectivity index (χ4v) is 3.98. The molecule has 1 atom stereocenters. The number of benzene rings is 2. The fraction of sp³-hybridized carbons (Fsp3) is 0.333. The molecule has 0 aliphatic heterocycles. The van der Waals surface area contributed by atoms with Crippen molar-refractivity contribution in [3.8, 4) is 23.0 Å². The van der Waals surface area contributed by atoms with Crippen LogP contribution in [0.1, 0.15) is 48.3 Å². The zero-order valence-electron chi connectivity index (χ0n) is 16.6. The topological polar surface area (TPSA) is 72.6 Å². The Balaban J connectivity index is 1.41. The Labute approximate surface area is 170 Å². The van der Waals surface area contributed by atoms with Crippen LogP contribution in [0, 0.1) is 0 Å². The van der Waals surface area contributed by atoms with E-state index in [-0.39, 0.29) is 5.75 Å². The lowest BCUT2D eigenvalue weighted by atomic mass is 9.99. The lowest BCUT2D eigenvalue weighted by Gasteiger charge is -2.10. The number of nitrogens with zero attached hydrogens (tertiary/aromatic N) is 1. The molecule has 29 heavy (non-hydrogen) atoms. The molecule has 1 heterocycles. The van der Waals surface area contributed by atoms with Crippen LogP contribution in [-0.2, 0) is 24.1 Å². The van der Waals surface area contributed by atoms with Gasteiger partial charge in [-0.25, -0.2) is 4.98 Å². The second kappa shape index (κ2) is 8.52. The van der Waals surface area contributed by atoms with Gasteiger partial charge in [-0.2, -0.15) is 0 Å². The molecular weight excluding hydrogens is 366 g/mol. The number of oxazole rings is 1. The van der Waals surface area contributed by atoms with Crippen molar-refractivity contribution in [1.29, 1.82) is 0 Å². The lowest BCUT2D eigenvalue weighted by molar-refractivity contribution is -0.108. The summed E-state index contributed by atoms with van der Waals surface area (Å²) in [6.07, 6.45) is 5.08. The Kier molecular flexibility index (Phi) is 5.65. The molecule has 0 unspecified atom stereocenters. The number of rotatable bonds is 8. The molecule has 150 valence electrons. The molecule has 0 spiro atoms. The number of aromatic nitrogens is 1. The Hall–Kier alpha value is -3.08. The zero-order chi connectivity index (χ0) is 20.2. The second-order valence-electron chi connectivity index (χ2n) is 7.39. The fourth-order valence-electron chi connectivity index (χ4n) is 3.98. The van der Waals surface area contributed by atoms with Gasteiger partial charge in [-0.15, -0.1) is 0 Å². The third kappa shape index (κ3) is 4.19. The number of aryl methyl sites for hydroxylation is 2. The summed E-state index contributed by atoms with van der Waals surface area (Å²) in [7, 11) is 0. The van der Waals surface area contributed by atoms with E-state index < -0.39 is 0 Å². The van der Waals surface area contributed by atoms with Crippen LogP contribution in [0.4, 0.5) is 0 Å². The molecule has 1 aliphatic rings. The standard InChI is InChI=1S/C24H25NO4/c1-2-23-22(25-24(29-23)17-5-7-19(27)8-6-17)12-14-28-20-9-10-21-16(11-13-26)3-4-18(21)15-20/h5-10,13,15-16,27H,2-4,11-12,14H2,1H3/t16-/m0/s1. The van der Waals surface area contributed by atoms with Crippen molar-refractivity contribution in [3.63, 3.8) is 0 Å². The zero-order valence-corrected chi connectivity index (χ0v) is 16.6. The number of carbonyl (C=O) groups excluding carboxylic acids is 1. The van der Waals surface area contributed by atoms with Crippen LogP contribution in [0.25, 0.3) is 11.5 Å². The highest BCUT2D eigenvalue weighted by Crippen LogP contribution is 2.36. The molecule has 1 aliphatic carbocycles. The number of hydrogen-bond donors (Lipinski definition) is 1. The molecular formula is C24H25NO4. The molecule has 2 aromatic carbocycles. The van der Waals surface area contributed by atoms with Gasteiger partial charge in [0.05, 0.1) is 12.3 Å². The van der Waals surface area contributed by atoms with Gasteiger partial charge in [-0.3, -0.25) is 0 Å². The first-order chi connectivity index (χ1) is 14.2. The van der Waals surface area contributed by atoms with E-state index in [0.29, 0.717) is 31.3 Å². The Morgan fingerprint density at radius 1 is 1.24 bits per heavy atom. The van der Waals surface area contributed by atoms with Crippen LogP contribution in [0.2, 0.25) is 0 Å². The SMILES string of the molecule is CCc1oc(-c2ccc(O)cc2)nc1CCOc1ccc2c(c1)CC[C@H]2CC=O. The summed E-state index contributed by atoms with van der Waals surface area (Å²) < 4.78 is 11.9. The van der Waals surface area contributed by atoms with Gasteiger partial charge >= 0.3 is 0 Å². The van der Waals surface area contributed by atoms with Crippen molar-refractivity contribution in [2.45, 2.75) is 44.9 Å². The maximum Gasteiger partial charge on any atom is 0.226 e. The molecule has 3 aromatic rings. The summed E-state index contributed by atoms with van der Waals surface area (Å²) in [5.74, 6) is 2.86. The van der Waals surface area contributed by atoms with Crippen molar-refractivity contribution in [2.24, 2.45) is 0 Å². The molecule has 5 nitrogen and oxygen atoms in total. The summed E-state index contributed by atoms with van der Waals surface area (Å²) in [6, 6.07) is 13.0. The van der Waals surface area contributed by atoms with E-state index in [1.54, 1.807) is 24.3 Å². The van der Waals surface area contributed by atoms with Gasteiger partial charge in [-0.1, -0.05) is 13.0 Å². The maximum absolute atomic E-state index is 10.8. The molecule has 0 fully saturated rings. The molecule has 0 radical (unpaired) electrons. The summed E-state index contributed by atoms with van der Waals surface area (Å²) in [6.45, 7) is 2.56. The highest BCUT2D eigenvalue weighted by atomic mass is 16.5. The average molecular weight is 391 g/mol. The number of phenols is 1. The minimum atomic E-state index is 0.219. The van der Waals surface area contributed by atoms with E-state index in [1.807, 2.05) is 13.0 Å². The summed E-state index contributed by atoms with van der Waals surface area (Å²) in [4.78, 5) is 15.5. The van der Waals surface area contributed by atoms with Crippen molar-refractivity contribution < 1.29 is 19.1 Å². The Morgan fingerprint density at radius 2 is 2.07 bits per heavy atom. The van der Waals surface area contributed by atoms with E-state index in [0.717, 1.165) is 48.3 Å². The Bertz CT molecular complexity index is 991. The molecule has 4 rings (SSSR count). The van der Waals surface area contributed by atoms with Gasteiger partial charge < -0.3 is 19.1 Å². The molecule has 1 aromatic heterocycles. The third-order valence-electron chi connectivity index (χ3n) is 5.52. The molecule has 1 N–H and O–H groups in total. The first-order valence-electron chi connectivity index (χ1n) is 10.1. The van der Waals surface area contributed by atoms with Crippen LogP contribution in [-0.4, -0.2) is 23.0 Å². The number of fused-ring (bicyclic) bond motifs is 1. The molecule has 0 saturated heterocycles. The number of aldehydes is 1. The Morgan fingerprint density at radius 3 is 2.83 bits per heavy atom. The van der Waals surface area contributed by atoms with E-state index in [2.05, 4.69) is 17.1 Å². The number of aromatic hydroxyl groups is 1. The minimum Gasteiger partial charge on any atom is -0.508 e. The predicted octanol–water partition coefficient (Wildman–Crippen LogP) is 4.85. The summed E-state index contributed by atoms with van der Waals surface area (Å²) in [5, 5.41) is 9.45. The minimum absolute atomic E-state index is 0.219. The van der Waals surface area contributed by atoms with Crippen LogP contribution in [0.3, 0.4) is 0 Å². The number of ether oxygens (including phenoxy) is 1. The summed E-state index contributed by atoms with van der Waals surface area (Å²) in [5.41, 5.74) is 4.32. The summed E-state index contributed by atoms with van der Waals surface area (Å²) >= 11 is 0. The smallest absolute Gasteiger partial charge is 0.226 e. The van der Waals surface area contributed by atoms with Crippen molar-refractivity contribution in [3.05, 3.63) is 65.0 Å². The van der Waals surface area contributed by atoms with Gasteiger partial charge in [0.25, 0.3) is 0 Å². The third-order valence-corrected chi connectivity index (χ3v) is 5.52. The van der Waals surface area contributed by atoms with Crippen LogP contribution in [0.5, 0.6) is 11.5 Å². The number of phenolic OH excluding ortho intramolecular Hbond substituents is 1. The highest BCUT2D eigenvalue weighted by Gasteiger charge is 2.22. The first-order valence-corrected chi connectivity index (χ1v) is 10.1. The number of carbonyl (C=O) groups is 1. The monoisotopic (exact) mass is 391 g/mol. The van der Waals surface area contributed by atoms with Crippen LogP contribution >= 0.6 is 0 Å². The van der Waals surface area contributed by atoms with Gasteiger partial charge in [0.2, 0.25) is 5.89 Å². The number of hydrogen-bond acceptors (Lipinski definition) is 5. The first kappa shape index (κ1) is 19.2. The van der Waals surface area contributed by atoms with E-state index in [1.165, 1.54) is 11.1 Å². The van der Waals surface area contributed by atoms with Crippen molar-refractivity contribution in [1.82, 2.24) is 4.98 Å². The maximum atomic E-state index is 10.8. The van der Waals surface area contributed by atoms with E-state index in [9.17, 15) is 9.90 Å². The quantitative estimate of drug-likeness (QED) is 0.556. The van der Waals surface area contributed by atoms with Gasteiger partial charge in [0.15, 0.2) is 0 Å². The van der Waals surface area contributed by atoms with Crippen LogP contribution in [0.15, 0.2) is 46.9 Å². The average Bonchev–Trinajstić information content (AvgIpc) is 3.33. The molecule has 0 amide bonds.